The van der Waals surface area contributed by atoms with Gasteiger partial charge in [-0.1, -0.05) is 20.3 Å². The molecule has 3 amide bonds. The van der Waals surface area contributed by atoms with Crippen LogP contribution in [0.3, 0.4) is 0 Å². The lowest BCUT2D eigenvalue weighted by atomic mass is 10.1. The third kappa shape index (κ3) is 5.65. The van der Waals surface area contributed by atoms with Gasteiger partial charge in [-0.15, -0.1) is 11.8 Å². The third-order valence-corrected chi connectivity index (χ3v) is 6.01. The Bertz CT molecular complexity index is 1080. The molecule has 0 saturated carbocycles. The molecule has 1 N–H and O–H groups in total. The maximum Gasteiger partial charge on any atom is 0.414 e. The van der Waals surface area contributed by atoms with Crippen LogP contribution in [0.15, 0.2) is 47.4 Å². The van der Waals surface area contributed by atoms with E-state index in [1.165, 1.54) is 23.1 Å². The highest BCUT2D eigenvalue weighted by Crippen LogP contribution is 2.38. The van der Waals surface area contributed by atoms with E-state index in [2.05, 4.69) is 19.2 Å². The quantitative estimate of drug-likeness (QED) is 0.735. The number of hydrogen-bond donors (Lipinski definition) is 1. The van der Waals surface area contributed by atoms with Crippen LogP contribution in [0.1, 0.15) is 36.2 Å². The van der Waals surface area contributed by atoms with Crippen LogP contribution in [0.4, 0.5) is 16.2 Å². The molecule has 0 aromatic heterocycles. The highest BCUT2D eigenvalue weighted by molar-refractivity contribution is 8.00. The molecule has 2 aliphatic heterocycles. The van der Waals surface area contributed by atoms with Crippen LogP contribution in [0.5, 0.6) is 0 Å². The molecule has 0 aliphatic carbocycles. The Balaban J connectivity index is 0.000000968. The smallest absolute Gasteiger partial charge is 0.414 e. The molecular weight excluding hydrogens is 440 g/mol. The number of hydrogen-bond acceptors (Lipinski definition) is 6. The van der Waals surface area contributed by atoms with Crippen molar-refractivity contribution in [3.63, 3.8) is 0 Å². The molecule has 1 fully saturated rings. The summed E-state index contributed by atoms with van der Waals surface area (Å²) in [4.78, 5) is 40.5. The van der Waals surface area contributed by atoms with E-state index in [0.29, 0.717) is 29.1 Å². The Morgan fingerprint density at radius 2 is 1.91 bits per heavy atom. The van der Waals surface area contributed by atoms with Crippen molar-refractivity contribution in [1.82, 2.24) is 5.32 Å². The molecular formula is C24H26N4O4S. The van der Waals surface area contributed by atoms with Gasteiger partial charge >= 0.3 is 6.09 Å². The van der Waals surface area contributed by atoms with Crippen molar-refractivity contribution < 1.29 is 19.1 Å². The first-order chi connectivity index (χ1) is 15.9. The van der Waals surface area contributed by atoms with Crippen LogP contribution >= 0.6 is 11.8 Å². The SMILES string of the molecule is CCC.CN1C(=O)CSc2cc(N3CC(CNC(=O)c4ccc(C#N)cc4)OC3=O)ccc21. The van der Waals surface area contributed by atoms with E-state index in [-0.39, 0.29) is 18.4 Å². The predicted molar refractivity (Wildman–Crippen MR) is 128 cm³/mol. The zero-order valence-corrected chi connectivity index (χ0v) is 19.6. The summed E-state index contributed by atoms with van der Waals surface area (Å²) >= 11 is 1.44. The van der Waals surface area contributed by atoms with E-state index in [4.69, 9.17) is 10.00 Å². The van der Waals surface area contributed by atoms with Gasteiger partial charge in [-0.2, -0.15) is 5.26 Å². The van der Waals surface area contributed by atoms with Gasteiger partial charge < -0.3 is 15.0 Å². The van der Waals surface area contributed by atoms with Crippen LogP contribution in [-0.4, -0.2) is 49.9 Å². The van der Waals surface area contributed by atoms with Crippen molar-refractivity contribution in [1.29, 1.82) is 5.26 Å². The van der Waals surface area contributed by atoms with Crippen molar-refractivity contribution in [2.45, 2.75) is 31.3 Å². The maximum atomic E-state index is 12.3. The van der Waals surface area contributed by atoms with Gasteiger partial charge in [-0.05, 0) is 42.5 Å². The summed E-state index contributed by atoms with van der Waals surface area (Å²) in [6, 6.07) is 13.8. The van der Waals surface area contributed by atoms with Crippen molar-refractivity contribution >= 4 is 41.0 Å². The fourth-order valence-corrected chi connectivity index (χ4v) is 4.31. The largest absolute Gasteiger partial charge is 0.442 e. The molecule has 1 unspecified atom stereocenters. The first-order valence-corrected chi connectivity index (χ1v) is 11.7. The molecule has 1 atom stereocenters. The van der Waals surface area contributed by atoms with E-state index >= 15 is 0 Å². The first kappa shape index (κ1) is 24.1. The Morgan fingerprint density at radius 1 is 1.21 bits per heavy atom. The molecule has 9 heteroatoms. The van der Waals surface area contributed by atoms with Gasteiger partial charge in [0.15, 0.2) is 0 Å². The Hall–Kier alpha value is -3.51. The summed E-state index contributed by atoms with van der Waals surface area (Å²) in [5.41, 5.74) is 2.42. The van der Waals surface area contributed by atoms with Crippen LogP contribution in [0.25, 0.3) is 0 Å². The lowest BCUT2D eigenvalue weighted by molar-refractivity contribution is -0.116. The number of carbonyl (C=O) groups excluding carboxylic acids is 3. The first-order valence-electron chi connectivity index (χ1n) is 10.7. The minimum absolute atomic E-state index is 0.0406. The molecule has 8 nitrogen and oxygen atoms in total. The number of amides is 3. The van der Waals surface area contributed by atoms with Crippen molar-refractivity contribution in [3.05, 3.63) is 53.6 Å². The van der Waals surface area contributed by atoms with E-state index in [1.807, 2.05) is 18.2 Å². The topological polar surface area (TPSA) is 103 Å². The van der Waals surface area contributed by atoms with Crippen molar-refractivity contribution in [2.24, 2.45) is 0 Å². The molecule has 2 aliphatic rings. The molecule has 0 spiro atoms. The number of nitrogens with zero attached hydrogens (tertiary/aromatic N) is 3. The zero-order valence-electron chi connectivity index (χ0n) is 18.8. The Kier molecular flexibility index (Phi) is 7.96. The molecule has 2 aromatic carbocycles. The number of fused-ring (bicyclic) bond motifs is 1. The van der Waals surface area contributed by atoms with Crippen molar-refractivity contribution in [3.8, 4) is 6.07 Å². The summed E-state index contributed by atoms with van der Waals surface area (Å²) in [7, 11) is 1.73. The number of cyclic esters (lactones) is 1. The van der Waals surface area contributed by atoms with Gasteiger partial charge in [0.1, 0.15) is 6.10 Å². The van der Waals surface area contributed by atoms with E-state index < -0.39 is 12.2 Å². The zero-order chi connectivity index (χ0) is 24.0. The van der Waals surface area contributed by atoms with Crippen LogP contribution in [0.2, 0.25) is 0 Å². The van der Waals surface area contributed by atoms with Crippen molar-refractivity contribution in [2.75, 3.05) is 35.7 Å². The van der Waals surface area contributed by atoms with Gasteiger partial charge in [0.05, 0.1) is 36.2 Å². The molecule has 33 heavy (non-hydrogen) atoms. The number of carbonyl (C=O) groups is 3. The maximum absolute atomic E-state index is 12.3. The van der Waals surface area contributed by atoms with E-state index in [9.17, 15) is 14.4 Å². The second-order valence-electron chi connectivity index (χ2n) is 7.62. The summed E-state index contributed by atoms with van der Waals surface area (Å²) in [6.45, 7) is 4.74. The minimum atomic E-state index is -0.479. The summed E-state index contributed by atoms with van der Waals surface area (Å²) in [5.74, 6) is 0.104. The van der Waals surface area contributed by atoms with E-state index in [0.717, 1.165) is 10.6 Å². The summed E-state index contributed by atoms with van der Waals surface area (Å²) < 4.78 is 5.39. The number of nitriles is 1. The summed E-state index contributed by atoms with van der Waals surface area (Å²) in [6.07, 6.45) is 0.297. The molecule has 172 valence electrons. The molecule has 2 heterocycles. The number of anilines is 2. The lowest BCUT2D eigenvalue weighted by Crippen LogP contribution is -2.34. The molecule has 0 bridgehead atoms. The standard InChI is InChI=1S/C21H18N4O4S.C3H8/c1-24-17-7-6-15(8-18(17)30-12-19(24)26)25-11-16(29-21(25)28)10-23-20(27)14-4-2-13(9-22)3-5-14;1-3-2/h2-8,16H,10-12H2,1H3,(H,23,27);3H2,1-2H3. The van der Waals surface area contributed by atoms with Crippen LogP contribution in [-0.2, 0) is 9.53 Å². The second kappa shape index (κ2) is 10.9. The third-order valence-electron chi connectivity index (χ3n) is 4.98. The van der Waals surface area contributed by atoms with Gasteiger partial charge in [0.2, 0.25) is 5.91 Å². The fourth-order valence-electron chi connectivity index (χ4n) is 3.28. The van der Waals surface area contributed by atoms with Gasteiger partial charge in [0.25, 0.3) is 5.91 Å². The molecule has 2 aromatic rings. The average Bonchev–Trinajstić information content (AvgIpc) is 3.20. The normalized spacial score (nSPS) is 16.8. The van der Waals surface area contributed by atoms with Crippen LogP contribution in [0, 0.1) is 11.3 Å². The Labute approximate surface area is 197 Å². The average molecular weight is 467 g/mol. The Morgan fingerprint density at radius 3 is 2.58 bits per heavy atom. The lowest BCUT2D eigenvalue weighted by Gasteiger charge is -2.26. The molecule has 0 radical (unpaired) electrons. The number of ether oxygens (including phenoxy) is 1. The predicted octanol–water partition coefficient (Wildman–Crippen LogP) is 3.80. The number of nitrogens with one attached hydrogen (secondary N) is 1. The summed E-state index contributed by atoms with van der Waals surface area (Å²) in [5, 5.41) is 11.6. The number of rotatable bonds is 4. The highest BCUT2D eigenvalue weighted by Gasteiger charge is 2.33. The second-order valence-corrected chi connectivity index (χ2v) is 8.63. The highest BCUT2D eigenvalue weighted by atomic mass is 32.2. The van der Waals surface area contributed by atoms with Gasteiger partial charge in [-0.3, -0.25) is 14.5 Å². The van der Waals surface area contributed by atoms with E-state index in [1.54, 1.807) is 42.3 Å². The monoisotopic (exact) mass is 466 g/mol. The van der Waals surface area contributed by atoms with Gasteiger partial charge in [-0.25, -0.2) is 4.79 Å². The minimum Gasteiger partial charge on any atom is -0.442 e. The molecule has 4 rings (SSSR count). The van der Waals surface area contributed by atoms with Gasteiger partial charge in [0, 0.05) is 23.2 Å². The number of benzene rings is 2. The fraction of sp³-hybridized carbons (Fsp3) is 0.333. The number of thioether (sulfide) groups is 1. The van der Waals surface area contributed by atoms with Crippen LogP contribution < -0.4 is 15.1 Å². The molecule has 1 saturated heterocycles.